The average Bonchev–Trinajstić information content (AvgIpc) is 2.38. The summed E-state index contributed by atoms with van der Waals surface area (Å²) in [6.07, 6.45) is 2.14. The van der Waals surface area contributed by atoms with Gasteiger partial charge in [-0.25, -0.2) is 4.39 Å². The molecule has 0 fully saturated rings. The lowest BCUT2D eigenvalue weighted by Gasteiger charge is -2.30. The SMILES string of the molecule is CCC(=O)N(c1ccc(F)c(Cl)c1)C(CC)CC. The number of rotatable bonds is 5. The molecule has 100 valence electrons. The first-order chi connectivity index (χ1) is 8.54. The highest BCUT2D eigenvalue weighted by Gasteiger charge is 2.22. The van der Waals surface area contributed by atoms with Gasteiger partial charge in [0, 0.05) is 18.2 Å². The lowest BCUT2D eigenvalue weighted by atomic mass is 10.1. The highest BCUT2D eigenvalue weighted by atomic mass is 35.5. The molecule has 0 N–H and O–H groups in total. The highest BCUT2D eigenvalue weighted by molar-refractivity contribution is 6.31. The number of carbonyl (C=O) groups excluding carboxylic acids is 1. The first-order valence-electron chi connectivity index (χ1n) is 6.32. The van der Waals surface area contributed by atoms with Crippen molar-refractivity contribution in [3.8, 4) is 0 Å². The van der Waals surface area contributed by atoms with E-state index in [-0.39, 0.29) is 17.0 Å². The average molecular weight is 272 g/mol. The molecule has 0 aliphatic rings. The van der Waals surface area contributed by atoms with Gasteiger partial charge in [-0.3, -0.25) is 4.79 Å². The summed E-state index contributed by atoms with van der Waals surface area (Å²) in [5.41, 5.74) is 0.668. The Kier molecular flexibility index (Phi) is 5.60. The van der Waals surface area contributed by atoms with Crippen molar-refractivity contribution in [1.29, 1.82) is 0 Å². The fraction of sp³-hybridized carbons (Fsp3) is 0.500. The number of hydrogen-bond acceptors (Lipinski definition) is 1. The molecule has 0 aliphatic carbocycles. The van der Waals surface area contributed by atoms with Crippen LogP contribution in [0, 0.1) is 5.82 Å². The van der Waals surface area contributed by atoms with Crippen LogP contribution in [0.3, 0.4) is 0 Å². The molecule has 0 radical (unpaired) electrons. The maximum atomic E-state index is 13.2. The number of nitrogens with zero attached hydrogens (tertiary/aromatic N) is 1. The minimum absolute atomic E-state index is 0.0337. The van der Waals surface area contributed by atoms with Crippen LogP contribution in [-0.4, -0.2) is 11.9 Å². The highest BCUT2D eigenvalue weighted by Crippen LogP contribution is 2.26. The normalized spacial score (nSPS) is 10.8. The Morgan fingerprint density at radius 1 is 1.33 bits per heavy atom. The molecule has 0 saturated carbocycles. The molecule has 4 heteroatoms. The molecule has 1 amide bonds. The minimum atomic E-state index is -0.464. The summed E-state index contributed by atoms with van der Waals surface area (Å²) in [6, 6.07) is 4.55. The molecule has 0 saturated heterocycles. The van der Waals surface area contributed by atoms with E-state index >= 15 is 0 Å². The number of benzene rings is 1. The molecule has 0 bridgehead atoms. The van der Waals surface area contributed by atoms with Crippen molar-refractivity contribution in [2.24, 2.45) is 0 Å². The lowest BCUT2D eigenvalue weighted by molar-refractivity contribution is -0.118. The summed E-state index contributed by atoms with van der Waals surface area (Å²) >= 11 is 5.78. The molecule has 1 rings (SSSR count). The smallest absolute Gasteiger partial charge is 0.226 e. The maximum absolute atomic E-state index is 13.2. The number of halogens is 2. The predicted octanol–water partition coefficient (Wildman–Crippen LogP) is 4.41. The van der Waals surface area contributed by atoms with Gasteiger partial charge in [0.25, 0.3) is 0 Å². The van der Waals surface area contributed by atoms with E-state index in [2.05, 4.69) is 0 Å². The van der Waals surface area contributed by atoms with Gasteiger partial charge in [0.1, 0.15) is 5.82 Å². The van der Waals surface area contributed by atoms with Crippen LogP contribution in [0.25, 0.3) is 0 Å². The van der Waals surface area contributed by atoms with Crippen molar-refractivity contribution in [1.82, 2.24) is 0 Å². The molecule has 0 atom stereocenters. The minimum Gasteiger partial charge on any atom is -0.309 e. The van der Waals surface area contributed by atoms with Crippen molar-refractivity contribution >= 4 is 23.2 Å². The summed E-state index contributed by atoms with van der Waals surface area (Å²) in [7, 11) is 0. The van der Waals surface area contributed by atoms with E-state index in [1.165, 1.54) is 12.1 Å². The van der Waals surface area contributed by atoms with Gasteiger partial charge in [0.2, 0.25) is 5.91 Å². The fourth-order valence-corrected chi connectivity index (χ4v) is 2.19. The Morgan fingerprint density at radius 3 is 2.39 bits per heavy atom. The van der Waals surface area contributed by atoms with E-state index < -0.39 is 5.82 Å². The van der Waals surface area contributed by atoms with Gasteiger partial charge < -0.3 is 4.90 Å². The van der Waals surface area contributed by atoms with Crippen LogP contribution in [0.4, 0.5) is 10.1 Å². The lowest BCUT2D eigenvalue weighted by Crippen LogP contribution is -2.39. The number of anilines is 1. The van der Waals surface area contributed by atoms with Crippen LogP contribution in [0.2, 0.25) is 5.02 Å². The third kappa shape index (κ3) is 3.22. The van der Waals surface area contributed by atoms with Gasteiger partial charge in [-0.05, 0) is 31.0 Å². The number of carbonyl (C=O) groups is 1. The topological polar surface area (TPSA) is 20.3 Å². The second-order valence-corrected chi connectivity index (χ2v) is 4.59. The Labute approximate surface area is 113 Å². The molecule has 18 heavy (non-hydrogen) atoms. The van der Waals surface area contributed by atoms with Crippen molar-refractivity contribution in [3.63, 3.8) is 0 Å². The van der Waals surface area contributed by atoms with E-state index in [4.69, 9.17) is 11.6 Å². The zero-order valence-electron chi connectivity index (χ0n) is 11.0. The molecule has 2 nitrogen and oxygen atoms in total. The van der Waals surface area contributed by atoms with Gasteiger partial charge in [-0.2, -0.15) is 0 Å². The summed E-state index contributed by atoms with van der Waals surface area (Å²) in [5.74, 6) is -0.430. The number of amides is 1. The zero-order valence-corrected chi connectivity index (χ0v) is 11.8. The second-order valence-electron chi connectivity index (χ2n) is 4.19. The van der Waals surface area contributed by atoms with Crippen LogP contribution in [-0.2, 0) is 4.79 Å². The van der Waals surface area contributed by atoms with Gasteiger partial charge in [-0.15, -0.1) is 0 Å². The summed E-state index contributed by atoms with van der Waals surface area (Å²) in [4.78, 5) is 13.8. The van der Waals surface area contributed by atoms with E-state index in [9.17, 15) is 9.18 Å². The Morgan fingerprint density at radius 2 is 1.94 bits per heavy atom. The quantitative estimate of drug-likeness (QED) is 0.777. The molecule has 0 unspecified atom stereocenters. The third-order valence-corrected chi connectivity index (χ3v) is 3.35. The van der Waals surface area contributed by atoms with Crippen LogP contribution < -0.4 is 4.90 Å². The monoisotopic (exact) mass is 271 g/mol. The van der Waals surface area contributed by atoms with Crippen LogP contribution in [0.5, 0.6) is 0 Å². The number of hydrogen-bond donors (Lipinski definition) is 0. The maximum Gasteiger partial charge on any atom is 0.226 e. The van der Waals surface area contributed by atoms with Crippen molar-refractivity contribution in [2.45, 2.75) is 46.1 Å². The summed E-state index contributed by atoms with van der Waals surface area (Å²) < 4.78 is 13.2. The standard InChI is InChI=1S/C14H19ClFNO/c1-4-10(5-2)17(14(18)6-3)11-7-8-13(16)12(15)9-11/h7-10H,4-6H2,1-3H3. The fourth-order valence-electron chi connectivity index (χ4n) is 2.02. The Balaban J connectivity index is 3.16. The first-order valence-corrected chi connectivity index (χ1v) is 6.69. The van der Waals surface area contributed by atoms with Crippen molar-refractivity contribution < 1.29 is 9.18 Å². The van der Waals surface area contributed by atoms with Gasteiger partial charge in [0.05, 0.1) is 5.02 Å². The molecule has 0 aromatic heterocycles. The summed E-state index contributed by atoms with van der Waals surface area (Å²) in [6.45, 7) is 5.90. The second kappa shape index (κ2) is 6.74. The Hall–Kier alpha value is -1.09. The van der Waals surface area contributed by atoms with E-state index in [0.29, 0.717) is 12.1 Å². The van der Waals surface area contributed by atoms with Crippen molar-refractivity contribution in [3.05, 3.63) is 29.0 Å². The molecular formula is C14H19ClFNO. The van der Waals surface area contributed by atoms with E-state index in [1.807, 2.05) is 20.8 Å². The molecule has 1 aromatic rings. The predicted molar refractivity (Wildman–Crippen MR) is 73.6 cm³/mol. The molecule has 0 aliphatic heterocycles. The van der Waals surface area contributed by atoms with Crippen LogP contribution >= 0.6 is 11.6 Å². The molecule has 0 spiro atoms. The van der Waals surface area contributed by atoms with E-state index in [0.717, 1.165) is 12.8 Å². The van der Waals surface area contributed by atoms with Gasteiger partial charge in [-0.1, -0.05) is 32.4 Å². The van der Waals surface area contributed by atoms with Crippen LogP contribution in [0.15, 0.2) is 18.2 Å². The van der Waals surface area contributed by atoms with Gasteiger partial charge >= 0.3 is 0 Å². The summed E-state index contributed by atoms with van der Waals surface area (Å²) in [5, 5.41) is 0.0485. The first kappa shape index (κ1) is 15.0. The Bertz CT molecular complexity index is 418. The zero-order chi connectivity index (χ0) is 13.7. The molecule has 1 aromatic carbocycles. The third-order valence-electron chi connectivity index (χ3n) is 3.06. The molecule has 0 heterocycles. The van der Waals surface area contributed by atoms with Crippen molar-refractivity contribution in [2.75, 3.05) is 4.90 Å². The van der Waals surface area contributed by atoms with Crippen LogP contribution in [0.1, 0.15) is 40.0 Å². The van der Waals surface area contributed by atoms with Gasteiger partial charge in [0.15, 0.2) is 0 Å². The van der Waals surface area contributed by atoms with E-state index in [1.54, 1.807) is 11.0 Å². The molecular weight excluding hydrogens is 253 g/mol. The largest absolute Gasteiger partial charge is 0.309 e.